The van der Waals surface area contributed by atoms with E-state index in [1.54, 1.807) is 20.3 Å². The summed E-state index contributed by atoms with van der Waals surface area (Å²) in [4.78, 5) is 9.99. The minimum absolute atomic E-state index is 0.317. The molecule has 7 heteroatoms. The molecule has 0 aliphatic rings. The van der Waals surface area contributed by atoms with Crippen molar-refractivity contribution in [1.29, 1.82) is 0 Å². The first kappa shape index (κ1) is 15.2. The second kappa shape index (κ2) is 6.49. The summed E-state index contributed by atoms with van der Waals surface area (Å²) in [5, 5.41) is 10.1. The number of methoxy groups -OCH3 is 2. The molecule has 1 aromatic carbocycles. The summed E-state index contributed by atoms with van der Waals surface area (Å²) in [5.41, 5.74) is 0.909. The average Bonchev–Trinajstić information content (AvgIpc) is 2.97. The van der Waals surface area contributed by atoms with Crippen LogP contribution in [-0.4, -0.2) is 19.1 Å². The van der Waals surface area contributed by atoms with Crippen molar-refractivity contribution in [2.75, 3.05) is 14.2 Å². The van der Waals surface area contributed by atoms with Crippen molar-refractivity contribution in [3.05, 3.63) is 51.8 Å². The third-order valence-electron chi connectivity index (χ3n) is 2.96. The molecule has 0 saturated carbocycles. The number of furan rings is 1. The fourth-order valence-corrected chi connectivity index (χ4v) is 2.22. The smallest absolute Gasteiger partial charge is 0.433 e. The minimum atomic E-state index is -0.594. The van der Waals surface area contributed by atoms with Crippen LogP contribution in [0.5, 0.6) is 11.5 Å². The van der Waals surface area contributed by atoms with Crippen molar-refractivity contribution >= 4 is 17.5 Å². The molecular formula is C14H14ClNO5. The van der Waals surface area contributed by atoms with Gasteiger partial charge in [0.15, 0.2) is 11.5 Å². The van der Waals surface area contributed by atoms with Gasteiger partial charge in [0.2, 0.25) is 0 Å². The first-order valence-electron chi connectivity index (χ1n) is 6.14. The molecule has 0 amide bonds. The maximum atomic E-state index is 10.6. The highest BCUT2D eigenvalue weighted by molar-refractivity contribution is 6.20. The van der Waals surface area contributed by atoms with Gasteiger partial charge in [-0.2, -0.15) is 0 Å². The zero-order valence-electron chi connectivity index (χ0n) is 11.5. The van der Waals surface area contributed by atoms with E-state index in [4.69, 9.17) is 25.5 Å². The summed E-state index contributed by atoms with van der Waals surface area (Å²) in [6.07, 6.45) is 0.451. The normalized spacial score (nSPS) is 12.0. The fourth-order valence-electron chi connectivity index (χ4n) is 1.92. The van der Waals surface area contributed by atoms with E-state index in [1.165, 1.54) is 12.1 Å². The van der Waals surface area contributed by atoms with Crippen molar-refractivity contribution in [2.45, 2.75) is 11.8 Å². The standard InChI is InChI=1S/C14H14ClNO5/c1-19-12-4-3-9(8-13(12)20-2)7-10(15)11-5-6-14(21-11)16(17)18/h3-6,8,10H,7H2,1-2H3. The largest absolute Gasteiger partial charge is 0.493 e. The maximum absolute atomic E-state index is 10.6. The van der Waals surface area contributed by atoms with Gasteiger partial charge in [-0.1, -0.05) is 6.07 Å². The Labute approximate surface area is 126 Å². The number of nitrogens with zero attached hydrogens (tertiary/aromatic N) is 1. The van der Waals surface area contributed by atoms with Crippen LogP contribution in [-0.2, 0) is 6.42 Å². The van der Waals surface area contributed by atoms with Crippen LogP contribution in [0, 0.1) is 10.1 Å². The van der Waals surface area contributed by atoms with Gasteiger partial charge in [0.25, 0.3) is 0 Å². The molecule has 2 rings (SSSR count). The third kappa shape index (κ3) is 3.46. The van der Waals surface area contributed by atoms with Crippen molar-refractivity contribution in [3.8, 4) is 11.5 Å². The van der Waals surface area contributed by atoms with E-state index in [-0.39, 0.29) is 5.88 Å². The molecule has 0 N–H and O–H groups in total. The number of nitro groups is 1. The first-order chi connectivity index (χ1) is 10.0. The summed E-state index contributed by atoms with van der Waals surface area (Å²) in [7, 11) is 3.11. The SMILES string of the molecule is COc1ccc(CC(Cl)c2ccc([N+](=O)[O-])o2)cc1OC. The lowest BCUT2D eigenvalue weighted by molar-refractivity contribution is -0.402. The van der Waals surface area contributed by atoms with Gasteiger partial charge in [0.05, 0.1) is 25.7 Å². The highest BCUT2D eigenvalue weighted by atomic mass is 35.5. The molecule has 0 saturated heterocycles. The Kier molecular flexibility index (Phi) is 4.70. The van der Waals surface area contributed by atoms with Gasteiger partial charge >= 0.3 is 5.88 Å². The number of ether oxygens (including phenoxy) is 2. The van der Waals surface area contributed by atoms with E-state index in [0.717, 1.165) is 5.56 Å². The number of benzene rings is 1. The van der Waals surface area contributed by atoms with E-state index in [2.05, 4.69) is 0 Å². The third-order valence-corrected chi connectivity index (χ3v) is 3.33. The molecule has 0 aliphatic carbocycles. The minimum Gasteiger partial charge on any atom is -0.493 e. The second-order valence-electron chi connectivity index (χ2n) is 4.29. The lowest BCUT2D eigenvalue weighted by Gasteiger charge is -2.11. The van der Waals surface area contributed by atoms with Crippen molar-refractivity contribution in [2.24, 2.45) is 0 Å². The first-order valence-corrected chi connectivity index (χ1v) is 6.58. The van der Waals surface area contributed by atoms with E-state index >= 15 is 0 Å². The number of rotatable bonds is 6. The quantitative estimate of drug-likeness (QED) is 0.461. The van der Waals surface area contributed by atoms with Crippen LogP contribution in [0.1, 0.15) is 16.7 Å². The Morgan fingerprint density at radius 2 is 1.95 bits per heavy atom. The Morgan fingerprint density at radius 1 is 1.24 bits per heavy atom. The zero-order valence-corrected chi connectivity index (χ0v) is 12.3. The molecule has 1 heterocycles. The maximum Gasteiger partial charge on any atom is 0.433 e. The molecule has 2 aromatic rings. The van der Waals surface area contributed by atoms with Gasteiger partial charge in [-0.3, -0.25) is 10.1 Å². The average molecular weight is 312 g/mol. The van der Waals surface area contributed by atoms with Crippen LogP contribution in [0.2, 0.25) is 0 Å². The summed E-state index contributed by atoms with van der Waals surface area (Å²) in [6.45, 7) is 0. The lowest BCUT2D eigenvalue weighted by Crippen LogP contribution is -1.97. The monoisotopic (exact) mass is 311 g/mol. The fraction of sp³-hybridized carbons (Fsp3) is 0.286. The molecule has 112 valence electrons. The summed E-state index contributed by atoms with van der Waals surface area (Å²) in [6, 6.07) is 8.25. The number of halogens is 1. The van der Waals surface area contributed by atoms with E-state index in [1.807, 2.05) is 12.1 Å². The molecule has 21 heavy (non-hydrogen) atoms. The van der Waals surface area contributed by atoms with Gasteiger partial charge in [-0.25, -0.2) is 0 Å². The molecule has 0 spiro atoms. The van der Waals surface area contributed by atoms with Crippen molar-refractivity contribution in [3.63, 3.8) is 0 Å². The molecule has 0 fully saturated rings. The summed E-state index contributed by atoms with van der Waals surface area (Å²) < 4.78 is 15.5. The van der Waals surface area contributed by atoms with Gasteiger partial charge in [0.1, 0.15) is 10.7 Å². The summed E-state index contributed by atoms with van der Waals surface area (Å²) in [5.74, 6) is 1.27. The zero-order chi connectivity index (χ0) is 15.4. The van der Waals surface area contributed by atoms with Crippen LogP contribution in [0.15, 0.2) is 34.7 Å². The second-order valence-corrected chi connectivity index (χ2v) is 4.82. The molecule has 1 atom stereocenters. The number of hydrogen-bond acceptors (Lipinski definition) is 5. The van der Waals surface area contributed by atoms with E-state index in [0.29, 0.717) is 23.7 Å². The van der Waals surface area contributed by atoms with Crippen LogP contribution in [0.25, 0.3) is 0 Å². The van der Waals surface area contributed by atoms with Gasteiger partial charge in [0, 0.05) is 0 Å². The van der Waals surface area contributed by atoms with E-state index < -0.39 is 10.3 Å². The predicted molar refractivity (Wildman–Crippen MR) is 77.2 cm³/mol. The molecule has 1 unspecified atom stereocenters. The number of alkyl halides is 1. The predicted octanol–water partition coefficient (Wildman–Crippen LogP) is 3.73. The summed E-state index contributed by atoms with van der Waals surface area (Å²) >= 11 is 6.24. The highest BCUT2D eigenvalue weighted by Gasteiger charge is 2.19. The van der Waals surface area contributed by atoms with Crippen molar-refractivity contribution < 1.29 is 18.8 Å². The van der Waals surface area contributed by atoms with Crippen LogP contribution < -0.4 is 9.47 Å². The molecular weight excluding hydrogens is 298 g/mol. The molecule has 6 nitrogen and oxygen atoms in total. The Bertz CT molecular complexity index is 640. The lowest BCUT2D eigenvalue weighted by atomic mass is 10.1. The molecule has 0 aliphatic heterocycles. The Morgan fingerprint density at radius 3 is 2.52 bits per heavy atom. The van der Waals surface area contributed by atoms with Gasteiger partial charge in [-0.05, 0) is 30.2 Å². The molecule has 0 radical (unpaired) electrons. The van der Waals surface area contributed by atoms with Gasteiger partial charge < -0.3 is 13.9 Å². The van der Waals surface area contributed by atoms with Crippen LogP contribution in [0.4, 0.5) is 5.88 Å². The molecule has 1 aromatic heterocycles. The Balaban J connectivity index is 2.14. The van der Waals surface area contributed by atoms with Crippen molar-refractivity contribution in [1.82, 2.24) is 0 Å². The van der Waals surface area contributed by atoms with Crippen LogP contribution >= 0.6 is 11.6 Å². The van der Waals surface area contributed by atoms with E-state index in [9.17, 15) is 10.1 Å². The topological polar surface area (TPSA) is 74.7 Å². The molecule has 0 bridgehead atoms. The van der Waals surface area contributed by atoms with Crippen LogP contribution in [0.3, 0.4) is 0 Å². The Hall–Kier alpha value is -2.21. The van der Waals surface area contributed by atoms with Gasteiger partial charge in [-0.15, -0.1) is 11.6 Å². The number of hydrogen-bond donors (Lipinski definition) is 0. The highest BCUT2D eigenvalue weighted by Crippen LogP contribution is 2.33.